The van der Waals surface area contributed by atoms with Crippen molar-refractivity contribution in [2.45, 2.75) is 52.3 Å². The lowest BCUT2D eigenvalue weighted by molar-refractivity contribution is -0.0565. The van der Waals surface area contributed by atoms with Crippen molar-refractivity contribution in [3.63, 3.8) is 0 Å². The van der Waals surface area contributed by atoms with Gasteiger partial charge in [-0.15, -0.1) is 5.10 Å². The van der Waals surface area contributed by atoms with Gasteiger partial charge in [-0.2, -0.15) is 0 Å². The molecule has 0 aliphatic heterocycles. The van der Waals surface area contributed by atoms with Crippen molar-refractivity contribution in [2.24, 2.45) is 0 Å². The predicted molar refractivity (Wildman–Crippen MR) is 67.8 cm³/mol. The van der Waals surface area contributed by atoms with Crippen LogP contribution in [0.3, 0.4) is 0 Å². The highest BCUT2D eigenvalue weighted by atomic mass is 16.5. The molecule has 2 atom stereocenters. The van der Waals surface area contributed by atoms with Crippen LogP contribution >= 0.6 is 0 Å². The van der Waals surface area contributed by atoms with Crippen LogP contribution in [0.25, 0.3) is 0 Å². The Morgan fingerprint density at radius 1 is 1.47 bits per heavy atom. The van der Waals surface area contributed by atoms with E-state index in [4.69, 9.17) is 4.74 Å². The number of hydrogen-bond acceptors (Lipinski definition) is 4. The van der Waals surface area contributed by atoms with Gasteiger partial charge in [-0.3, -0.25) is 0 Å². The van der Waals surface area contributed by atoms with Gasteiger partial charge in [0, 0.05) is 13.2 Å². The van der Waals surface area contributed by atoms with Crippen molar-refractivity contribution in [3.05, 3.63) is 11.9 Å². The summed E-state index contributed by atoms with van der Waals surface area (Å²) in [6.07, 6.45) is 2.75. The van der Waals surface area contributed by atoms with Crippen LogP contribution in [-0.4, -0.2) is 34.2 Å². The number of ether oxygens (including phenoxy) is 1. The molecule has 17 heavy (non-hydrogen) atoms. The van der Waals surface area contributed by atoms with Crippen LogP contribution < -0.4 is 5.32 Å². The number of likely N-dealkylation sites (N-methyl/N-ethyl adjacent to an activating group) is 1. The molecule has 0 saturated heterocycles. The highest BCUT2D eigenvalue weighted by molar-refractivity contribution is 5.09. The predicted octanol–water partition coefficient (Wildman–Crippen LogP) is 1.76. The quantitative estimate of drug-likeness (QED) is 0.789. The second-order valence-electron chi connectivity index (χ2n) is 4.30. The van der Waals surface area contributed by atoms with Crippen LogP contribution in [0.5, 0.6) is 0 Å². The average Bonchev–Trinajstić information content (AvgIpc) is 2.78. The maximum atomic E-state index is 5.92. The number of aromatic nitrogens is 3. The van der Waals surface area contributed by atoms with Gasteiger partial charge in [0.15, 0.2) is 0 Å². The summed E-state index contributed by atoms with van der Waals surface area (Å²) in [5.41, 5.74) is 0.839. The van der Waals surface area contributed by atoms with Crippen LogP contribution in [0, 0.1) is 0 Å². The Labute approximate surface area is 104 Å². The van der Waals surface area contributed by atoms with Gasteiger partial charge in [0.2, 0.25) is 0 Å². The van der Waals surface area contributed by atoms with E-state index < -0.39 is 0 Å². The Hall–Kier alpha value is -0.940. The molecule has 0 aliphatic rings. The van der Waals surface area contributed by atoms with Gasteiger partial charge >= 0.3 is 0 Å². The molecule has 1 aromatic heterocycles. The zero-order valence-corrected chi connectivity index (χ0v) is 11.5. The first kappa shape index (κ1) is 14.1. The van der Waals surface area contributed by atoms with Gasteiger partial charge in [0.1, 0.15) is 0 Å². The molecule has 98 valence electrons. The minimum Gasteiger partial charge on any atom is -0.374 e. The SMILES string of the molecule is CCOC(C)(CC)C(NC)c1cnnn1CC. The Balaban J connectivity index is 3.04. The fraction of sp³-hybridized carbons (Fsp3) is 0.833. The van der Waals surface area contributed by atoms with Crippen LogP contribution in [-0.2, 0) is 11.3 Å². The molecule has 1 heterocycles. The van der Waals surface area contributed by atoms with Crippen LogP contribution in [0.15, 0.2) is 6.20 Å². The van der Waals surface area contributed by atoms with E-state index in [1.165, 1.54) is 0 Å². The first-order valence-electron chi connectivity index (χ1n) is 6.32. The molecule has 0 bridgehead atoms. The zero-order valence-electron chi connectivity index (χ0n) is 11.5. The summed E-state index contributed by atoms with van der Waals surface area (Å²) in [5, 5.41) is 11.4. The van der Waals surface area contributed by atoms with E-state index >= 15 is 0 Å². The minimum absolute atomic E-state index is 0.0994. The fourth-order valence-electron chi connectivity index (χ4n) is 2.22. The third kappa shape index (κ3) is 2.84. The number of nitrogens with one attached hydrogen (secondary N) is 1. The normalized spacial score (nSPS) is 16.8. The summed E-state index contributed by atoms with van der Waals surface area (Å²) >= 11 is 0. The van der Waals surface area contributed by atoms with Crippen molar-refractivity contribution in [3.8, 4) is 0 Å². The van der Waals surface area contributed by atoms with E-state index in [0.717, 1.165) is 18.7 Å². The standard InChI is InChI=1S/C12H24N4O/c1-6-12(4,17-8-3)11(13-5)10-9-14-15-16(10)7-2/h9,11,13H,6-8H2,1-5H3. The molecule has 1 N–H and O–H groups in total. The minimum atomic E-state index is -0.238. The molecule has 2 unspecified atom stereocenters. The maximum Gasteiger partial charge on any atom is 0.0861 e. The topological polar surface area (TPSA) is 52.0 Å². The Kier molecular flexibility index (Phi) is 5.08. The molecule has 5 nitrogen and oxygen atoms in total. The van der Waals surface area contributed by atoms with Crippen molar-refractivity contribution in [1.29, 1.82) is 0 Å². The third-order valence-electron chi connectivity index (χ3n) is 3.32. The highest BCUT2D eigenvalue weighted by Crippen LogP contribution is 2.31. The Morgan fingerprint density at radius 3 is 2.65 bits per heavy atom. The van der Waals surface area contributed by atoms with E-state index in [1.807, 2.05) is 24.9 Å². The smallest absolute Gasteiger partial charge is 0.0861 e. The molecule has 0 aliphatic carbocycles. The number of aryl methyl sites for hydroxylation is 1. The molecule has 0 spiro atoms. The van der Waals surface area contributed by atoms with E-state index in [-0.39, 0.29) is 11.6 Å². The van der Waals surface area contributed by atoms with Crippen molar-refractivity contribution in [2.75, 3.05) is 13.7 Å². The number of nitrogens with zero attached hydrogens (tertiary/aromatic N) is 3. The maximum absolute atomic E-state index is 5.92. The van der Waals surface area contributed by atoms with Gasteiger partial charge in [-0.25, -0.2) is 4.68 Å². The summed E-state index contributed by atoms with van der Waals surface area (Å²) in [6, 6.07) is 0.0994. The fourth-order valence-corrected chi connectivity index (χ4v) is 2.22. The van der Waals surface area contributed by atoms with E-state index in [9.17, 15) is 0 Å². The first-order chi connectivity index (χ1) is 8.12. The largest absolute Gasteiger partial charge is 0.374 e. The molecule has 0 amide bonds. The number of hydrogen-bond donors (Lipinski definition) is 1. The number of rotatable bonds is 7. The summed E-state index contributed by atoms with van der Waals surface area (Å²) in [4.78, 5) is 0. The second-order valence-corrected chi connectivity index (χ2v) is 4.30. The van der Waals surface area contributed by atoms with Gasteiger partial charge in [0.25, 0.3) is 0 Å². The third-order valence-corrected chi connectivity index (χ3v) is 3.32. The monoisotopic (exact) mass is 240 g/mol. The van der Waals surface area contributed by atoms with Crippen molar-refractivity contribution < 1.29 is 4.74 Å². The van der Waals surface area contributed by atoms with E-state index in [1.54, 1.807) is 0 Å². The Morgan fingerprint density at radius 2 is 2.18 bits per heavy atom. The van der Waals surface area contributed by atoms with Crippen molar-refractivity contribution in [1.82, 2.24) is 20.3 Å². The molecular weight excluding hydrogens is 216 g/mol. The molecular formula is C12H24N4O. The molecule has 1 aromatic rings. The van der Waals surface area contributed by atoms with Crippen molar-refractivity contribution >= 4 is 0 Å². The van der Waals surface area contributed by atoms with Gasteiger partial charge in [-0.1, -0.05) is 12.1 Å². The molecule has 0 aromatic carbocycles. The summed E-state index contributed by atoms with van der Waals surface area (Å²) in [5.74, 6) is 0. The Bertz CT molecular complexity index is 339. The lowest BCUT2D eigenvalue weighted by Gasteiger charge is -2.36. The van der Waals surface area contributed by atoms with Gasteiger partial charge < -0.3 is 10.1 Å². The molecule has 1 rings (SSSR count). The molecule has 0 fully saturated rings. The van der Waals surface area contributed by atoms with Gasteiger partial charge in [0.05, 0.1) is 23.5 Å². The van der Waals surface area contributed by atoms with Gasteiger partial charge in [-0.05, 0) is 34.2 Å². The average molecular weight is 240 g/mol. The summed E-state index contributed by atoms with van der Waals surface area (Å²) < 4.78 is 7.83. The van der Waals surface area contributed by atoms with E-state index in [2.05, 4.69) is 36.4 Å². The van der Waals surface area contributed by atoms with Crippen LogP contribution in [0.2, 0.25) is 0 Å². The summed E-state index contributed by atoms with van der Waals surface area (Å²) in [7, 11) is 1.95. The highest BCUT2D eigenvalue weighted by Gasteiger charge is 2.35. The lowest BCUT2D eigenvalue weighted by atomic mass is 9.91. The van der Waals surface area contributed by atoms with Crippen LogP contribution in [0.1, 0.15) is 45.9 Å². The first-order valence-corrected chi connectivity index (χ1v) is 6.32. The zero-order chi connectivity index (χ0) is 12.9. The molecule has 5 heteroatoms. The second kappa shape index (κ2) is 6.12. The molecule has 0 saturated carbocycles. The van der Waals surface area contributed by atoms with E-state index in [0.29, 0.717) is 6.61 Å². The summed E-state index contributed by atoms with van der Waals surface area (Å²) in [6.45, 7) is 9.88. The van der Waals surface area contributed by atoms with Crippen LogP contribution in [0.4, 0.5) is 0 Å². The molecule has 0 radical (unpaired) electrons. The lowest BCUT2D eigenvalue weighted by Crippen LogP contribution is -2.43.